The van der Waals surface area contributed by atoms with Gasteiger partial charge in [0.15, 0.2) is 5.76 Å². The van der Waals surface area contributed by atoms with Gasteiger partial charge in [-0.25, -0.2) is 0 Å². The lowest BCUT2D eigenvalue weighted by Gasteiger charge is -2.11. The molecule has 2 amide bonds. The van der Waals surface area contributed by atoms with Crippen LogP contribution in [-0.2, 0) is 4.79 Å². The van der Waals surface area contributed by atoms with E-state index in [0.29, 0.717) is 5.13 Å². The van der Waals surface area contributed by atoms with Crippen LogP contribution >= 0.6 is 22.7 Å². The van der Waals surface area contributed by atoms with Crippen molar-refractivity contribution < 1.29 is 14.0 Å². The molecule has 0 bridgehead atoms. The molecule has 0 aliphatic carbocycles. The average molecular weight is 348 g/mol. The van der Waals surface area contributed by atoms with E-state index in [-0.39, 0.29) is 11.7 Å². The second kappa shape index (κ2) is 6.71. The Labute approximate surface area is 139 Å². The number of thiophene rings is 1. The number of nitrogens with zero attached hydrogens (tertiary/aromatic N) is 2. The minimum absolute atomic E-state index is 0.153. The lowest BCUT2D eigenvalue weighted by Crippen LogP contribution is -2.41. The van der Waals surface area contributed by atoms with Crippen LogP contribution in [0.25, 0.3) is 10.6 Å². The Bertz CT molecular complexity index is 796. The molecular formula is C14H12N4O3S2. The molecule has 0 radical (unpaired) electrons. The quantitative estimate of drug-likeness (QED) is 0.739. The van der Waals surface area contributed by atoms with Crippen molar-refractivity contribution in [2.24, 2.45) is 0 Å². The standard InChI is InChI=1S/C14H12N4O3S2/c1-8(15-12(20)10-3-2-5-21-10)11(19)16-14-18-17-13(23-14)9-4-6-22-7-9/h2-8H,1H3,(H,15,20)(H,16,18,19). The van der Waals surface area contributed by atoms with E-state index < -0.39 is 11.9 Å². The molecule has 3 aromatic heterocycles. The van der Waals surface area contributed by atoms with E-state index in [1.54, 1.807) is 24.3 Å². The minimum atomic E-state index is -0.735. The first kappa shape index (κ1) is 15.4. The van der Waals surface area contributed by atoms with Gasteiger partial charge in [-0.15, -0.1) is 10.2 Å². The molecule has 3 rings (SSSR count). The van der Waals surface area contributed by atoms with Crippen LogP contribution < -0.4 is 10.6 Å². The van der Waals surface area contributed by atoms with E-state index in [9.17, 15) is 9.59 Å². The zero-order valence-electron chi connectivity index (χ0n) is 12.0. The van der Waals surface area contributed by atoms with Gasteiger partial charge >= 0.3 is 0 Å². The van der Waals surface area contributed by atoms with Gasteiger partial charge in [-0.1, -0.05) is 11.3 Å². The Morgan fingerprint density at radius 2 is 2.17 bits per heavy atom. The fourth-order valence-electron chi connectivity index (χ4n) is 1.73. The number of hydrogen-bond acceptors (Lipinski definition) is 7. The summed E-state index contributed by atoms with van der Waals surface area (Å²) in [5, 5.41) is 18.2. The fraction of sp³-hybridized carbons (Fsp3) is 0.143. The zero-order chi connectivity index (χ0) is 16.2. The number of furan rings is 1. The predicted molar refractivity (Wildman–Crippen MR) is 87.5 cm³/mol. The van der Waals surface area contributed by atoms with Crippen LogP contribution in [-0.4, -0.2) is 28.1 Å². The Kier molecular flexibility index (Phi) is 4.49. The third-order valence-electron chi connectivity index (χ3n) is 2.91. The molecule has 1 unspecified atom stereocenters. The van der Waals surface area contributed by atoms with Crippen LogP contribution in [0.5, 0.6) is 0 Å². The number of aromatic nitrogens is 2. The summed E-state index contributed by atoms with van der Waals surface area (Å²) in [6.07, 6.45) is 1.40. The first-order valence-corrected chi connectivity index (χ1v) is 8.40. The van der Waals surface area contributed by atoms with Crippen LogP contribution in [0.15, 0.2) is 39.6 Å². The molecule has 3 heterocycles. The smallest absolute Gasteiger partial charge is 0.287 e. The normalized spacial score (nSPS) is 11.9. The van der Waals surface area contributed by atoms with Gasteiger partial charge in [-0.05, 0) is 30.5 Å². The van der Waals surface area contributed by atoms with Gasteiger partial charge in [0.05, 0.1) is 6.26 Å². The number of carbonyl (C=O) groups is 2. The average Bonchev–Trinajstić information content (AvgIpc) is 3.28. The highest BCUT2D eigenvalue weighted by Gasteiger charge is 2.19. The van der Waals surface area contributed by atoms with Gasteiger partial charge in [0.25, 0.3) is 5.91 Å². The van der Waals surface area contributed by atoms with E-state index in [0.717, 1.165) is 10.6 Å². The summed E-state index contributed by atoms with van der Waals surface area (Å²) in [6.45, 7) is 1.58. The summed E-state index contributed by atoms with van der Waals surface area (Å²) in [5.74, 6) is -0.674. The van der Waals surface area contributed by atoms with Gasteiger partial charge in [0.2, 0.25) is 11.0 Å². The summed E-state index contributed by atoms with van der Waals surface area (Å²) >= 11 is 2.84. The highest BCUT2D eigenvalue weighted by atomic mass is 32.1. The second-order valence-electron chi connectivity index (χ2n) is 4.59. The predicted octanol–water partition coefficient (Wildman–Crippen LogP) is 2.62. The lowest BCUT2D eigenvalue weighted by atomic mass is 10.3. The highest BCUT2D eigenvalue weighted by Crippen LogP contribution is 2.27. The number of carbonyl (C=O) groups excluding carboxylic acids is 2. The van der Waals surface area contributed by atoms with Crippen molar-refractivity contribution >= 4 is 39.6 Å². The molecule has 0 spiro atoms. The van der Waals surface area contributed by atoms with E-state index in [1.807, 2.05) is 16.8 Å². The molecule has 0 aliphatic heterocycles. The summed E-state index contributed by atoms with van der Waals surface area (Å²) in [4.78, 5) is 23.9. The number of nitrogens with one attached hydrogen (secondary N) is 2. The van der Waals surface area contributed by atoms with Crippen LogP contribution in [0.3, 0.4) is 0 Å². The molecule has 0 saturated carbocycles. The molecule has 2 N–H and O–H groups in total. The van der Waals surface area contributed by atoms with E-state index in [1.165, 1.54) is 23.7 Å². The Hall–Kier alpha value is -2.52. The third-order valence-corrected chi connectivity index (χ3v) is 4.48. The van der Waals surface area contributed by atoms with Gasteiger partial charge < -0.3 is 9.73 Å². The third kappa shape index (κ3) is 3.63. The van der Waals surface area contributed by atoms with Crippen LogP contribution in [0.1, 0.15) is 17.5 Å². The fourth-order valence-corrected chi connectivity index (χ4v) is 3.19. The lowest BCUT2D eigenvalue weighted by molar-refractivity contribution is -0.117. The topological polar surface area (TPSA) is 97.1 Å². The molecule has 0 fully saturated rings. The monoisotopic (exact) mass is 348 g/mol. The van der Waals surface area contributed by atoms with Crippen LogP contribution in [0, 0.1) is 0 Å². The van der Waals surface area contributed by atoms with Gasteiger partial charge in [0, 0.05) is 10.9 Å². The highest BCUT2D eigenvalue weighted by molar-refractivity contribution is 7.19. The summed E-state index contributed by atoms with van der Waals surface area (Å²) in [7, 11) is 0. The van der Waals surface area contributed by atoms with Crippen molar-refractivity contribution in [1.29, 1.82) is 0 Å². The van der Waals surface area contributed by atoms with Crippen molar-refractivity contribution in [2.45, 2.75) is 13.0 Å². The number of anilines is 1. The Balaban J connectivity index is 1.59. The summed E-state index contributed by atoms with van der Waals surface area (Å²) in [5.41, 5.74) is 0.965. The molecule has 0 aliphatic rings. The number of amides is 2. The van der Waals surface area contributed by atoms with E-state index in [4.69, 9.17) is 4.42 Å². The number of hydrogen-bond donors (Lipinski definition) is 2. The van der Waals surface area contributed by atoms with Crippen molar-refractivity contribution in [3.8, 4) is 10.6 Å². The van der Waals surface area contributed by atoms with Crippen molar-refractivity contribution in [3.63, 3.8) is 0 Å². The minimum Gasteiger partial charge on any atom is -0.459 e. The number of rotatable bonds is 5. The van der Waals surface area contributed by atoms with E-state index >= 15 is 0 Å². The van der Waals surface area contributed by atoms with Gasteiger partial charge in [-0.3, -0.25) is 14.9 Å². The molecule has 9 heteroatoms. The Morgan fingerprint density at radius 3 is 2.87 bits per heavy atom. The Morgan fingerprint density at radius 1 is 1.30 bits per heavy atom. The van der Waals surface area contributed by atoms with Crippen LogP contribution in [0.2, 0.25) is 0 Å². The van der Waals surface area contributed by atoms with Crippen LogP contribution in [0.4, 0.5) is 5.13 Å². The molecule has 7 nitrogen and oxygen atoms in total. The van der Waals surface area contributed by atoms with Crippen molar-refractivity contribution in [3.05, 3.63) is 41.0 Å². The maximum Gasteiger partial charge on any atom is 0.287 e. The molecule has 118 valence electrons. The molecule has 0 saturated heterocycles. The molecular weight excluding hydrogens is 336 g/mol. The molecule has 0 aromatic carbocycles. The molecule has 3 aromatic rings. The SMILES string of the molecule is CC(NC(=O)c1ccco1)C(=O)Nc1nnc(-c2ccsc2)s1. The van der Waals surface area contributed by atoms with E-state index in [2.05, 4.69) is 20.8 Å². The first-order valence-electron chi connectivity index (χ1n) is 6.65. The molecule has 23 heavy (non-hydrogen) atoms. The summed E-state index contributed by atoms with van der Waals surface area (Å²) < 4.78 is 4.98. The van der Waals surface area contributed by atoms with Crippen molar-refractivity contribution in [1.82, 2.24) is 15.5 Å². The summed E-state index contributed by atoms with van der Waals surface area (Å²) in [6, 6.07) is 4.33. The maximum atomic E-state index is 12.1. The maximum absolute atomic E-state index is 12.1. The largest absolute Gasteiger partial charge is 0.459 e. The van der Waals surface area contributed by atoms with Crippen molar-refractivity contribution in [2.75, 3.05) is 5.32 Å². The van der Waals surface area contributed by atoms with Gasteiger partial charge in [-0.2, -0.15) is 11.3 Å². The zero-order valence-corrected chi connectivity index (χ0v) is 13.6. The first-order chi connectivity index (χ1) is 11.1. The molecule has 1 atom stereocenters. The van der Waals surface area contributed by atoms with Gasteiger partial charge in [0.1, 0.15) is 11.0 Å². The second-order valence-corrected chi connectivity index (χ2v) is 6.34.